The Labute approximate surface area is 99.3 Å². The molecule has 16 heavy (non-hydrogen) atoms. The molecule has 1 aliphatic carbocycles. The predicted octanol–water partition coefficient (Wildman–Crippen LogP) is 3.35. The molecule has 0 heterocycles. The molecule has 2 unspecified atom stereocenters. The minimum atomic E-state index is 0.488. The lowest BCUT2D eigenvalue weighted by Gasteiger charge is -2.16. The van der Waals surface area contributed by atoms with Crippen LogP contribution in [-0.2, 0) is 5.41 Å². The highest BCUT2D eigenvalue weighted by Crippen LogP contribution is 2.56. The van der Waals surface area contributed by atoms with Crippen LogP contribution in [0.2, 0.25) is 0 Å². The van der Waals surface area contributed by atoms with Crippen molar-refractivity contribution in [3.05, 3.63) is 35.9 Å². The van der Waals surface area contributed by atoms with Crippen molar-refractivity contribution in [1.82, 2.24) is 5.32 Å². The van der Waals surface area contributed by atoms with Gasteiger partial charge in [0.25, 0.3) is 0 Å². The van der Waals surface area contributed by atoms with Crippen molar-refractivity contribution in [2.75, 3.05) is 13.1 Å². The summed E-state index contributed by atoms with van der Waals surface area (Å²) in [6.45, 7) is 6.90. The van der Waals surface area contributed by atoms with Crippen LogP contribution in [-0.4, -0.2) is 13.1 Å². The molecule has 1 saturated carbocycles. The van der Waals surface area contributed by atoms with Crippen LogP contribution in [0, 0.1) is 5.92 Å². The molecule has 0 radical (unpaired) electrons. The highest BCUT2D eigenvalue weighted by molar-refractivity contribution is 5.33. The first-order valence-electron chi connectivity index (χ1n) is 6.59. The summed E-state index contributed by atoms with van der Waals surface area (Å²) in [5.41, 5.74) is 2.03. The fourth-order valence-corrected chi connectivity index (χ4v) is 2.86. The molecule has 2 atom stereocenters. The van der Waals surface area contributed by atoms with Crippen LogP contribution in [0.25, 0.3) is 0 Å². The maximum atomic E-state index is 3.56. The van der Waals surface area contributed by atoms with Crippen LogP contribution in [0.5, 0.6) is 0 Å². The SMILES string of the molecule is CCCNCC1CC1(CC)c1ccccc1. The molecule has 1 nitrogen and oxygen atoms in total. The van der Waals surface area contributed by atoms with E-state index in [9.17, 15) is 0 Å². The summed E-state index contributed by atoms with van der Waals surface area (Å²) in [7, 11) is 0. The van der Waals surface area contributed by atoms with E-state index in [0.29, 0.717) is 5.41 Å². The van der Waals surface area contributed by atoms with Gasteiger partial charge in [0, 0.05) is 0 Å². The van der Waals surface area contributed by atoms with Crippen LogP contribution in [0.3, 0.4) is 0 Å². The molecule has 1 heteroatoms. The average molecular weight is 217 g/mol. The van der Waals surface area contributed by atoms with Gasteiger partial charge in [-0.3, -0.25) is 0 Å². The summed E-state index contributed by atoms with van der Waals surface area (Å²) in [4.78, 5) is 0. The summed E-state index contributed by atoms with van der Waals surface area (Å²) in [6, 6.07) is 11.0. The largest absolute Gasteiger partial charge is 0.316 e. The molecule has 0 aromatic heterocycles. The second-order valence-electron chi connectivity index (χ2n) is 4.98. The van der Waals surface area contributed by atoms with Crippen molar-refractivity contribution in [3.8, 4) is 0 Å². The fourth-order valence-electron chi connectivity index (χ4n) is 2.86. The molecule has 1 aromatic rings. The Hall–Kier alpha value is -0.820. The molecule has 1 aliphatic rings. The molecule has 2 rings (SSSR count). The second-order valence-corrected chi connectivity index (χ2v) is 4.98. The predicted molar refractivity (Wildman–Crippen MR) is 69.7 cm³/mol. The van der Waals surface area contributed by atoms with E-state index in [1.165, 1.54) is 25.8 Å². The molecular formula is C15H23N. The molecule has 0 aliphatic heterocycles. The number of rotatable bonds is 6. The molecule has 0 bridgehead atoms. The first kappa shape index (κ1) is 11.7. The summed E-state index contributed by atoms with van der Waals surface area (Å²) in [5.74, 6) is 0.853. The third-order valence-corrected chi connectivity index (χ3v) is 4.03. The molecule has 0 saturated heterocycles. The van der Waals surface area contributed by atoms with E-state index in [0.717, 1.165) is 12.5 Å². The average Bonchev–Trinajstić information content (AvgIpc) is 3.06. The van der Waals surface area contributed by atoms with E-state index in [4.69, 9.17) is 0 Å². The summed E-state index contributed by atoms with van der Waals surface area (Å²) < 4.78 is 0. The number of nitrogens with one attached hydrogen (secondary N) is 1. The van der Waals surface area contributed by atoms with Crippen LogP contribution in [0.4, 0.5) is 0 Å². The standard InChI is InChI=1S/C15H23N/c1-3-10-16-12-14-11-15(14,4-2)13-8-6-5-7-9-13/h5-9,14,16H,3-4,10-12H2,1-2H3. The van der Waals surface area contributed by atoms with Gasteiger partial charge in [0.15, 0.2) is 0 Å². The summed E-state index contributed by atoms with van der Waals surface area (Å²) in [6.07, 6.45) is 3.87. The van der Waals surface area contributed by atoms with Gasteiger partial charge in [0.1, 0.15) is 0 Å². The van der Waals surface area contributed by atoms with Crippen molar-refractivity contribution in [2.24, 2.45) is 5.92 Å². The molecule has 1 aromatic carbocycles. The van der Waals surface area contributed by atoms with E-state index in [-0.39, 0.29) is 0 Å². The monoisotopic (exact) mass is 217 g/mol. The maximum Gasteiger partial charge on any atom is -0.000554 e. The molecule has 1 N–H and O–H groups in total. The van der Waals surface area contributed by atoms with E-state index in [1.807, 2.05) is 0 Å². The van der Waals surface area contributed by atoms with Gasteiger partial charge >= 0.3 is 0 Å². The van der Waals surface area contributed by atoms with E-state index < -0.39 is 0 Å². The Morgan fingerprint density at radius 1 is 1.25 bits per heavy atom. The van der Waals surface area contributed by atoms with Gasteiger partial charge in [0.2, 0.25) is 0 Å². The fraction of sp³-hybridized carbons (Fsp3) is 0.600. The molecule has 1 fully saturated rings. The Balaban J connectivity index is 1.97. The van der Waals surface area contributed by atoms with Gasteiger partial charge in [-0.25, -0.2) is 0 Å². The van der Waals surface area contributed by atoms with Crippen molar-refractivity contribution >= 4 is 0 Å². The smallest absolute Gasteiger partial charge is 0.000554 e. The Kier molecular flexibility index (Phi) is 3.65. The highest BCUT2D eigenvalue weighted by atomic mass is 14.9. The first-order chi connectivity index (χ1) is 7.83. The maximum absolute atomic E-state index is 3.56. The topological polar surface area (TPSA) is 12.0 Å². The lowest BCUT2D eigenvalue weighted by atomic mass is 9.90. The Bertz CT molecular complexity index is 319. The summed E-state index contributed by atoms with van der Waals surface area (Å²) >= 11 is 0. The van der Waals surface area contributed by atoms with Crippen molar-refractivity contribution in [1.29, 1.82) is 0 Å². The normalized spacial score (nSPS) is 28.0. The zero-order valence-corrected chi connectivity index (χ0v) is 10.5. The van der Waals surface area contributed by atoms with Gasteiger partial charge in [-0.15, -0.1) is 0 Å². The second kappa shape index (κ2) is 5.01. The molecule has 0 spiro atoms. The van der Waals surface area contributed by atoms with Crippen molar-refractivity contribution in [3.63, 3.8) is 0 Å². The van der Waals surface area contributed by atoms with Crippen LogP contribution >= 0.6 is 0 Å². The zero-order valence-electron chi connectivity index (χ0n) is 10.5. The van der Waals surface area contributed by atoms with Gasteiger partial charge in [-0.05, 0) is 49.2 Å². The van der Waals surface area contributed by atoms with Crippen LogP contribution < -0.4 is 5.32 Å². The molecule has 0 amide bonds. The first-order valence-corrected chi connectivity index (χ1v) is 6.59. The molecular weight excluding hydrogens is 194 g/mol. The van der Waals surface area contributed by atoms with Crippen molar-refractivity contribution < 1.29 is 0 Å². The number of hydrogen-bond acceptors (Lipinski definition) is 1. The lowest BCUT2D eigenvalue weighted by molar-refractivity contribution is 0.538. The van der Waals surface area contributed by atoms with Gasteiger partial charge in [-0.1, -0.05) is 44.2 Å². The third-order valence-electron chi connectivity index (χ3n) is 4.03. The molecule has 88 valence electrons. The minimum absolute atomic E-state index is 0.488. The van der Waals surface area contributed by atoms with Crippen molar-refractivity contribution in [2.45, 2.75) is 38.5 Å². The highest BCUT2D eigenvalue weighted by Gasteiger charge is 2.52. The minimum Gasteiger partial charge on any atom is -0.316 e. The van der Waals surface area contributed by atoms with E-state index >= 15 is 0 Å². The summed E-state index contributed by atoms with van der Waals surface area (Å²) in [5, 5.41) is 3.56. The lowest BCUT2D eigenvalue weighted by Crippen LogP contribution is -2.21. The van der Waals surface area contributed by atoms with E-state index in [2.05, 4.69) is 49.5 Å². The van der Waals surface area contributed by atoms with Crippen LogP contribution in [0.15, 0.2) is 30.3 Å². The van der Waals surface area contributed by atoms with Gasteiger partial charge in [-0.2, -0.15) is 0 Å². The quantitative estimate of drug-likeness (QED) is 0.721. The zero-order chi connectivity index (χ0) is 11.4. The van der Waals surface area contributed by atoms with Crippen LogP contribution in [0.1, 0.15) is 38.7 Å². The Morgan fingerprint density at radius 2 is 2.00 bits per heavy atom. The van der Waals surface area contributed by atoms with E-state index in [1.54, 1.807) is 5.56 Å². The van der Waals surface area contributed by atoms with Gasteiger partial charge in [0.05, 0.1) is 0 Å². The number of benzene rings is 1. The van der Waals surface area contributed by atoms with Gasteiger partial charge < -0.3 is 5.32 Å². The Morgan fingerprint density at radius 3 is 2.62 bits per heavy atom. The third kappa shape index (κ3) is 2.15. The number of hydrogen-bond donors (Lipinski definition) is 1.